The highest BCUT2D eigenvalue weighted by Crippen LogP contribution is 2.66. The average Bonchev–Trinajstić information content (AvgIpc) is 3.81. The van der Waals surface area contributed by atoms with Crippen LogP contribution in [0.2, 0.25) is 0 Å². The van der Waals surface area contributed by atoms with Gasteiger partial charge >= 0.3 is 12.1 Å². The number of methoxy groups -OCH3 is 1. The van der Waals surface area contributed by atoms with E-state index in [1.54, 1.807) is 61.7 Å². The third-order valence-electron chi connectivity index (χ3n) is 12.5. The Hall–Kier alpha value is -8.54. The predicted molar refractivity (Wildman–Crippen MR) is 245 cm³/mol. The Morgan fingerprint density at radius 1 is 0.836 bits per heavy atom. The maximum absolute atomic E-state index is 16.3. The fourth-order valence-corrected chi connectivity index (χ4v) is 9.65. The summed E-state index contributed by atoms with van der Waals surface area (Å²) in [6, 6.07) is 38.7. The molecule has 3 aliphatic heterocycles. The number of esters is 1. The first-order valence-electron chi connectivity index (χ1n) is 21.4. The van der Waals surface area contributed by atoms with Crippen LogP contribution in [0.15, 0.2) is 164 Å². The number of carbonyl (C=O) groups excluding carboxylic acids is 4. The minimum Gasteiger partial charge on any atom is -0.508 e. The van der Waals surface area contributed by atoms with Gasteiger partial charge in [-0.25, -0.2) is 9.69 Å². The quantitative estimate of drug-likeness (QED) is 0.0448. The Morgan fingerprint density at radius 3 is 2.12 bits per heavy atom. The SMILES string of the molecule is C=CCNC(=O)[C@H]1[C@@H]2C(=O)O[C@@H](c3ccccc3)[C@@H](c3ccccc3)N2[C@@H](c2ccc(O)cc2)[C@]12C(=O)N(C(=O)OCc1ccc([N+](=O)[O-])cc1)c1ccc(C#Cc3ccc(OC)cc3)cc12. The van der Waals surface area contributed by atoms with E-state index in [9.17, 15) is 20.0 Å². The highest BCUT2D eigenvalue weighted by molar-refractivity contribution is 6.23. The first kappa shape index (κ1) is 43.7. The number of hydrogen-bond donors (Lipinski definition) is 2. The summed E-state index contributed by atoms with van der Waals surface area (Å²) < 4.78 is 17.6. The van der Waals surface area contributed by atoms with Crippen LogP contribution in [0.25, 0.3) is 0 Å². The van der Waals surface area contributed by atoms with Crippen molar-refractivity contribution in [3.63, 3.8) is 0 Å². The Balaban J connectivity index is 1.30. The van der Waals surface area contributed by atoms with Crippen LogP contribution in [0.4, 0.5) is 16.2 Å². The number of phenolic OH excluding ortho intramolecular Hbond substituents is 1. The molecule has 3 amide bonds. The fourth-order valence-electron chi connectivity index (χ4n) is 9.65. The number of rotatable bonds is 10. The molecule has 14 heteroatoms. The van der Waals surface area contributed by atoms with Crippen LogP contribution in [0, 0.1) is 27.9 Å². The number of ether oxygens (including phenoxy) is 3. The minimum absolute atomic E-state index is 0.0266. The number of imide groups is 1. The summed E-state index contributed by atoms with van der Waals surface area (Å²) in [6.07, 6.45) is -0.562. The van der Waals surface area contributed by atoms with Gasteiger partial charge in [0.15, 0.2) is 0 Å². The van der Waals surface area contributed by atoms with E-state index in [4.69, 9.17) is 14.2 Å². The number of nitro groups is 1. The molecule has 0 aromatic heterocycles. The number of nitro benzene ring substituents is 1. The normalized spacial score (nSPS) is 21.6. The van der Waals surface area contributed by atoms with Gasteiger partial charge in [0, 0.05) is 29.8 Å². The summed E-state index contributed by atoms with van der Waals surface area (Å²) in [5.74, 6) is 3.03. The van der Waals surface area contributed by atoms with Crippen molar-refractivity contribution in [2.24, 2.45) is 5.92 Å². The van der Waals surface area contributed by atoms with E-state index in [0.717, 1.165) is 4.90 Å². The van der Waals surface area contributed by atoms with Gasteiger partial charge in [0.05, 0.1) is 35.7 Å². The maximum atomic E-state index is 16.3. The highest BCUT2D eigenvalue weighted by Gasteiger charge is 2.75. The van der Waals surface area contributed by atoms with E-state index < -0.39 is 64.4 Å². The lowest BCUT2D eigenvalue weighted by Gasteiger charge is -2.46. The molecular formula is C53H42N4O10. The molecule has 2 N–H and O–H groups in total. The van der Waals surface area contributed by atoms with Gasteiger partial charge in [-0.15, -0.1) is 6.58 Å². The van der Waals surface area contributed by atoms with Crippen LogP contribution in [0.5, 0.6) is 11.5 Å². The Kier molecular flexibility index (Phi) is 11.8. The number of benzene rings is 6. The van der Waals surface area contributed by atoms with E-state index in [-0.39, 0.29) is 35.8 Å². The largest absolute Gasteiger partial charge is 0.508 e. The summed E-state index contributed by atoms with van der Waals surface area (Å²) >= 11 is 0. The van der Waals surface area contributed by atoms with Crippen LogP contribution in [0.1, 0.15) is 57.1 Å². The molecule has 2 saturated heterocycles. The van der Waals surface area contributed by atoms with Crippen LogP contribution < -0.4 is 15.0 Å². The van der Waals surface area contributed by atoms with Crippen molar-refractivity contribution in [1.29, 1.82) is 0 Å². The summed E-state index contributed by atoms with van der Waals surface area (Å²) in [6.45, 7) is 3.40. The number of amides is 3. The predicted octanol–water partition coefficient (Wildman–Crippen LogP) is 8.01. The van der Waals surface area contributed by atoms with E-state index in [2.05, 4.69) is 23.7 Å². The number of phenols is 1. The van der Waals surface area contributed by atoms with Gasteiger partial charge in [-0.3, -0.25) is 29.4 Å². The smallest absolute Gasteiger partial charge is 0.421 e. The minimum atomic E-state index is -2.09. The molecule has 0 unspecified atom stereocenters. The van der Waals surface area contributed by atoms with Crippen LogP contribution in [0.3, 0.4) is 0 Å². The van der Waals surface area contributed by atoms with Crippen molar-refractivity contribution in [3.8, 4) is 23.3 Å². The van der Waals surface area contributed by atoms with Gasteiger partial charge in [0.1, 0.15) is 35.7 Å². The molecule has 0 saturated carbocycles. The molecular weight excluding hydrogens is 853 g/mol. The zero-order valence-corrected chi connectivity index (χ0v) is 36.0. The number of aromatic hydroxyl groups is 1. The number of non-ortho nitro benzene ring substituents is 1. The molecule has 3 heterocycles. The molecule has 67 heavy (non-hydrogen) atoms. The molecule has 3 aliphatic rings. The summed E-state index contributed by atoms with van der Waals surface area (Å²) in [5.41, 5.74) is 1.35. The average molecular weight is 895 g/mol. The van der Waals surface area contributed by atoms with Gasteiger partial charge in [-0.1, -0.05) is 90.7 Å². The third kappa shape index (κ3) is 7.81. The van der Waals surface area contributed by atoms with Gasteiger partial charge in [-0.05, 0) is 94.5 Å². The molecule has 9 rings (SSSR count). The standard InChI is InChI=1S/C53H42N4O10/c1-3-30-54-49(59)44-46-50(60)67-47(37-12-8-5-9-13-37)45(36-10-6-4-7-11-36)56(46)48(38-21-25-40(58)26-22-38)53(44)42-31-34(15-14-33-18-27-41(65-2)28-19-33)20-29-43(42)55(51(53)61)52(62)66-32-35-16-23-39(24-17-35)57(63)64/h3-13,16-29,31,44-48,58H,1,30,32H2,2H3,(H,54,59)/t44-,45-,46-,47+,48+,53-/m1/s1. The number of hydrogen-bond acceptors (Lipinski definition) is 11. The molecule has 6 aromatic rings. The van der Waals surface area contributed by atoms with Gasteiger partial charge in [-0.2, -0.15) is 0 Å². The molecule has 6 aromatic carbocycles. The molecule has 2 fully saturated rings. The van der Waals surface area contributed by atoms with Crippen molar-refractivity contribution in [3.05, 3.63) is 213 Å². The number of carbonyl (C=O) groups is 4. The molecule has 334 valence electrons. The molecule has 6 atom stereocenters. The van der Waals surface area contributed by atoms with E-state index in [1.165, 1.54) is 42.5 Å². The first-order chi connectivity index (χ1) is 32.5. The van der Waals surface area contributed by atoms with Gasteiger partial charge in [0.2, 0.25) is 11.8 Å². The summed E-state index contributed by atoms with van der Waals surface area (Å²) in [4.78, 5) is 74.9. The van der Waals surface area contributed by atoms with Crippen molar-refractivity contribution in [1.82, 2.24) is 10.2 Å². The molecule has 1 spiro atoms. The lowest BCUT2D eigenvalue weighted by Crippen LogP contribution is -2.55. The number of nitrogens with one attached hydrogen (secondary N) is 1. The van der Waals surface area contributed by atoms with Crippen molar-refractivity contribution >= 4 is 35.3 Å². The highest BCUT2D eigenvalue weighted by atomic mass is 16.6. The number of morpholine rings is 1. The van der Waals surface area contributed by atoms with Crippen molar-refractivity contribution in [2.75, 3.05) is 18.6 Å². The van der Waals surface area contributed by atoms with Crippen molar-refractivity contribution in [2.45, 2.75) is 36.3 Å². The zero-order chi connectivity index (χ0) is 46.8. The van der Waals surface area contributed by atoms with Gasteiger partial charge < -0.3 is 24.6 Å². The number of anilines is 1. The second kappa shape index (κ2) is 18.1. The van der Waals surface area contributed by atoms with Crippen LogP contribution in [-0.2, 0) is 35.9 Å². The van der Waals surface area contributed by atoms with E-state index in [0.29, 0.717) is 39.1 Å². The lowest BCUT2D eigenvalue weighted by atomic mass is 9.65. The molecule has 0 bridgehead atoms. The molecule has 0 radical (unpaired) electrons. The first-order valence-corrected chi connectivity index (χ1v) is 21.4. The number of nitrogens with zero attached hydrogens (tertiary/aromatic N) is 3. The Morgan fingerprint density at radius 2 is 1.48 bits per heavy atom. The second-order valence-electron chi connectivity index (χ2n) is 16.2. The van der Waals surface area contributed by atoms with Crippen molar-refractivity contribution < 1.29 is 43.4 Å². The zero-order valence-electron chi connectivity index (χ0n) is 36.0. The number of fused-ring (bicyclic) bond motifs is 3. The summed E-state index contributed by atoms with van der Waals surface area (Å²) in [5, 5.41) is 24.9. The lowest BCUT2D eigenvalue weighted by molar-refractivity contribution is -0.384. The molecule has 0 aliphatic carbocycles. The monoisotopic (exact) mass is 894 g/mol. The van der Waals surface area contributed by atoms with E-state index >= 15 is 14.4 Å². The Bertz CT molecular complexity index is 2950. The number of cyclic esters (lactones) is 1. The fraction of sp³-hybridized carbons (Fsp3) is 0.170. The van der Waals surface area contributed by atoms with E-state index in [1.807, 2.05) is 65.6 Å². The van der Waals surface area contributed by atoms with Crippen LogP contribution in [-0.4, -0.2) is 58.5 Å². The second-order valence-corrected chi connectivity index (χ2v) is 16.2. The molecule has 14 nitrogen and oxygen atoms in total. The Labute approximate surface area is 385 Å². The third-order valence-corrected chi connectivity index (χ3v) is 12.5. The van der Waals surface area contributed by atoms with Gasteiger partial charge in [0.25, 0.3) is 5.69 Å². The topological polar surface area (TPSA) is 178 Å². The van der Waals surface area contributed by atoms with Crippen LogP contribution >= 0.6 is 0 Å². The maximum Gasteiger partial charge on any atom is 0.421 e. The summed E-state index contributed by atoms with van der Waals surface area (Å²) in [7, 11) is 1.56.